The Morgan fingerprint density at radius 1 is 1.05 bits per heavy atom. The lowest BCUT2D eigenvalue weighted by atomic mass is 10.1. The number of hydrogen-bond acceptors (Lipinski definition) is 3. The van der Waals surface area contributed by atoms with Crippen LogP contribution in [0.5, 0.6) is 0 Å². The van der Waals surface area contributed by atoms with E-state index in [2.05, 4.69) is 0 Å². The smallest absolute Gasteiger partial charge is 0.320 e. The molecule has 0 aliphatic carbocycles. The first kappa shape index (κ1) is 19.7. The second-order valence-electron chi connectivity index (χ2n) is 5.45. The van der Waals surface area contributed by atoms with Crippen LogP contribution in [-0.2, 0) is 4.79 Å². The molecule has 0 aliphatic heterocycles. The van der Waals surface area contributed by atoms with Gasteiger partial charge in [0.15, 0.2) is 0 Å². The Morgan fingerprint density at radius 2 is 1.62 bits per heavy atom. The van der Waals surface area contributed by atoms with Crippen LogP contribution in [0.1, 0.15) is 53.4 Å². The van der Waals surface area contributed by atoms with Crippen LogP contribution in [0.4, 0.5) is 4.79 Å². The molecule has 6 heteroatoms. The molecule has 2 amide bonds. The van der Waals surface area contributed by atoms with Gasteiger partial charge in [-0.1, -0.05) is 13.8 Å². The van der Waals surface area contributed by atoms with Gasteiger partial charge in [0.2, 0.25) is 0 Å². The van der Waals surface area contributed by atoms with Crippen LogP contribution in [0.3, 0.4) is 0 Å². The van der Waals surface area contributed by atoms with Crippen molar-refractivity contribution < 1.29 is 19.8 Å². The van der Waals surface area contributed by atoms with Crippen molar-refractivity contribution in [1.82, 2.24) is 9.80 Å². The number of carboxylic acids is 1. The summed E-state index contributed by atoms with van der Waals surface area (Å²) >= 11 is 0. The van der Waals surface area contributed by atoms with Crippen molar-refractivity contribution in [2.24, 2.45) is 0 Å². The van der Waals surface area contributed by atoms with Crippen molar-refractivity contribution in [2.75, 3.05) is 19.7 Å². The molecule has 0 saturated carbocycles. The van der Waals surface area contributed by atoms with Crippen LogP contribution in [-0.4, -0.2) is 63.8 Å². The van der Waals surface area contributed by atoms with E-state index in [1.54, 1.807) is 9.80 Å². The van der Waals surface area contributed by atoms with Crippen molar-refractivity contribution in [1.29, 1.82) is 0 Å². The highest BCUT2D eigenvalue weighted by atomic mass is 16.4. The fraction of sp³-hybridized carbons (Fsp3) is 0.867. The molecule has 0 aromatic rings. The van der Waals surface area contributed by atoms with Gasteiger partial charge in [-0.25, -0.2) is 4.79 Å². The summed E-state index contributed by atoms with van der Waals surface area (Å²) in [6.07, 6.45) is 2.17. The lowest BCUT2D eigenvalue weighted by molar-refractivity contribution is -0.137. The average Bonchev–Trinajstić information content (AvgIpc) is 2.42. The van der Waals surface area contributed by atoms with E-state index in [1.807, 2.05) is 27.7 Å². The zero-order chi connectivity index (χ0) is 16.4. The van der Waals surface area contributed by atoms with E-state index >= 15 is 0 Å². The Bertz CT molecular complexity index is 317. The Hall–Kier alpha value is -1.30. The van der Waals surface area contributed by atoms with Gasteiger partial charge < -0.3 is 20.0 Å². The molecule has 0 aromatic carbocycles. The van der Waals surface area contributed by atoms with E-state index < -0.39 is 5.97 Å². The van der Waals surface area contributed by atoms with Gasteiger partial charge in [0.25, 0.3) is 0 Å². The Kier molecular flexibility index (Phi) is 9.78. The third kappa shape index (κ3) is 6.80. The van der Waals surface area contributed by atoms with Crippen molar-refractivity contribution in [2.45, 2.75) is 65.5 Å². The summed E-state index contributed by atoms with van der Waals surface area (Å²) in [4.78, 5) is 26.7. The van der Waals surface area contributed by atoms with Gasteiger partial charge in [0, 0.05) is 31.6 Å². The molecule has 0 radical (unpaired) electrons. The monoisotopic (exact) mass is 302 g/mol. The number of carbonyl (C=O) groups is 2. The summed E-state index contributed by atoms with van der Waals surface area (Å²) < 4.78 is 0. The van der Waals surface area contributed by atoms with E-state index in [0.717, 1.165) is 12.8 Å². The number of amides is 2. The van der Waals surface area contributed by atoms with Gasteiger partial charge in [-0.2, -0.15) is 0 Å². The number of aliphatic carboxylic acids is 1. The van der Waals surface area contributed by atoms with E-state index in [9.17, 15) is 14.7 Å². The number of nitrogens with zero attached hydrogens (tertiary/aromatic N) is 2. The third-order valence-electron chi connectivity index (χ3n) is 3.63. The Labute approximate surface area is 127 Å². The zero-order valence-electron chi connectivity index (χ0n) is 13.7. The summed E-state index contributed by atoms with van der Waals surface area (Å²) in [5.41, 5.74) is 0. The minimum Gasteiger partial charge on any atom is -0.481 e. The first-order chi connectivity index (χ1) is 9.88. The maximum absolute atomic E-state index is 12.7. The van der Waals surface area contributed by atoms with Crippen LogP contribution in [0.2, 0.25) is 0 Å². The van der Waals surface area contributed by atoms with Gasteiger partial charge in [-0.15, -0.1) is 0 Å². The molecule has 0 spiro atoms. The molecule has 0 bridgehead atoms. The lowest BCUT2D eigenvalue weighted by Crippen LogP contribution is -2.51. The topological polar surface area (TPSA) is 81.1 Å². The quantitative estimate of drug-likeness (QED) is 0.648. The highest BCUT2D eigenvalue weighted by molar-refractivity contribution is 5.75. The molecule has 6 nitrogen and oxygen atoms in total. The highest BCUT2D eigenvalue weighted by Crippen LogP contribution is 2.14. The van der Waals surface area contributed by atoms with E-state index in [4.69, 9.17) is 5.11 Å². The first-order valence-corrected chi connectivity index (χ1v) is 7.78. The van der Waals surface area contributed by atoms with Gasteiger partial charge in [-0.3, -0.25) is 4.79 Å². The number of urea groups is 1. The number of aliphatic hydroxyl groups is 1. The second-order valence-corrected chi connectivity index (χ2v) is 5.45. The first-order valence-electron chi connectivity index (χ1n) is 7.78. The lowest BCUT2D eigenvalue weighted by Gasteiger charge is -2.37. The summed E-state index contributed by atoms with van der Waals surface area (Å²) in [5, 5.41) is 17.9. The second kappa shape index (κ2) is 10.4. The van der Waals surface area contributed by atoms with Crippen molar-refractivity contribution in [3.63, 3.8) is 0 Å². The van der Waals surface area contributed by atoms with Gasteiger partial charge in [0.05, 0.1) is 6.61 Å². The van der Waals surface area contributed by atoms with Crippen LogP contribution in [0.15, 0.2) is 0 Å². The number of carboxylic acid groups (broad SMARTS) is 1. The number of aliphatic hydroxyl groups excluding tert-OH is 1. The molecule has 21 heavy (non-hydrogen) atoms. The van der Waals surface area contributed by atoms with E-state index in [1.165, 1.54) is 0 Å². The number of carbonyl (C=O) groups excluding carboxylic acids is 1. The molecule has 2 N–H and O–H groups in total. The predicted octanol–water partition coefficient (Wildman–Crippen LogP) is 2.16. The van der Waals surface area contributed by atoms with Crippen LogP contribution in [0.25, 0.3) is 0 Å². The van der Waals surface area contributed by atoms with Gasteiger partial charge >= 0.3 is 12.0 Å². The third-order valence-corrected chi connectivity index (χ3v) is 3.63. The summed E-state index contributed by atoms with van der Waals surface area (Å²) in [5.74, 6) is -0.849. The van der Waals surface area contributed by atoms with Crippen LogP contribution < -0.4 is 0 Å². The molecule has 0 fully saturated rings. The molecule has 0 unspecified atom stereocenters. The SMILES string of the molecule is CCC(CC)N(CCO)C(=O)N(CCCC(=O)O)C(C)C. The molecule has 0 aliphatic rings. The van der Waals surface area contributed by atoms with Crippen LogP contribution >= 0.6 is 0 Å². The normalized spacial score (nSPS) is 11.0. The maximum atomic E-state index is 12.7. The maximum Gasteiger partial charge on any atom is 0.320 e. The highest BCUT2D eigenvalue weighted by Gasteiger charge is 2.26. The largest absolute Gasteiger partial charge is 0.481 e. The van der Waals surface area contributed by atoms with Gasteiger partial charge in [0.1, 0.15) is 0 Å². The molecular formula is C15H30N2O4. The number of rotatable bonds is 10. The minimum absolute atomic E-state index is 0.00171. The molecule has 0 heterocycles. The molecule has 0 saturated heterocycles. The van der Waals surface area contributed by atoms with E-state index in [-0.39, 0.29) is 31.1 Å². The minimum atomic E-state index is -0.849. The molecular weight excluding hydrogens is 272 g/mol. The Balaban J connectivity index is 4.90. The van der Waals surface area contributed by atoms with Crippen molar-refractivity contribution in [3.8, 4) is 0 Å². The van der Waals surface area contributed by atoms with Gasteiger partial charge in [-0.05, 0) is 33.1 Å². The summed E-state index contributed by atoms with van der Waals surface area (Å²) in [7, 11) is 0. The van der Waals surface area contributed by atoms with Crippen LogP contribution in [0, 0.1) is 0 Å². The fourth-order valence-corrected chi connectivity index (χ4v) is 2.41. The molecule has 124 valence electrons. The average molecular weight is 302 g/mol. The van der Waals surface area contributed by atoms with E-state index in [0.29, 0.717) is 19.5 Å². The number of hydrogen-bond donors (Lipinski definition) is 2. The standard InChI is InChI=1S/C15H30N2O4/c1-5-13(6-2)17(10-11-18)15(21)16(12(3)4)9-7-8-14(19)20/h12-13,18H,5-11H2,1-4H3,(H,19,20). The van der Waals surface area contributed by atoms with Crippen molar-refractivity contribution in [3.05, 3.63) is 0 Å². The molecule has 0 atom stereocenters. The predicted molar refractivity (Wildman–Crippen MR) is 82.3 cm³/mol. The Morgan fingerprint density at radius 3 is 2.00 bits per heavy atom. The molecule has 0 rings (SSSR count). The fourth-order valence-electron chi connectivity index (χ4n) is 2.41. The summed E-state index contributed by atoms with van der Waals surface area (Å²) in [6, 6.07) is -0.00892. The molecule has 0 aromatic heterocycles. The summed E-state index contributed by atoms with van der Waals surface area (Å²) in [6.45, 7) is 8.55. The zero-order valence-corrected chi connectivity index (χ0v) is 13.7. The van der Waals surface area contributed by atoms with Crippen molar-refractivity contribution >= 4 is 12.0 Å².